The highest BCUT2D eigenvalue weighted by Gasteiger charge is 2.16. The van der Waals surface area contributed by atoms with Gasteiger partial charge in [-0.25, -0.2) is 0 Å². The molecule has 0 radical (unpaired) electrons. The summed E-state index contributed by atoms with van der Waals surface area (Å²) in [5.41, 5.74) is 9.41. The number of hydrogen-bond donors (Lipinski definition) is 0. The van der Waals surface area contributed by atoms with Crippen LogP contribution in [0.1, 0.15) is 26.7 Å². The SMILES string of the molecule is C=CCC(CC=C(C)C)C(=O)C=[N+]=[N-]. The van der Waals surface area contributed by atoms with Gasteiger partial charge >= 0.3 is 6.21 Å². The van der Waals surface area contributed by atoms with Gasteiger partial charge in [-0.1, -0.05) is 17.7 Å². The summed E-state index contributed by atoms with van der Waals surface area (Å²) in [7, 11) is 0. The van der Waals surface area contributed by atoms with E-state index >= 15 is 0 Å². The van der Waals surface area contributed by atoms with Gasteiger partial charge in [-0.2, -0.15) is 4.79 Å². The summed E-state index contributed by atoms with van der Waals surface area (Å²) in [4.78, 5) is 14.1. The van der Waals surface area contributed by atoms with Crippen LogP contribution in [0.25, 0.3) is 5.53 Å². The number of allylic oxidation sites excluding steroid dienone is 3. The molecule has 0 aromatic carbocycles. The van der Waals surface area contributed by atoms with Crippen LogP contribution in [0.3, 0.4) is 0 Å². The topological polar surface area (TPSA) is 53.5 Å². The number of ketones is 1. The lowest BCUT2D eigenvalue weighted by atomic mass is 9.96. The predicted molar refractivity (Wildman–Crippen MR) is 57.0 cm³/mol. The minimum atomic E-state index is -0.162. The van der Waals surface area contributed by atoms with Crippen LogP contribution in [0.2, 0.25) is 0 Å². The molecule has 0 bridgehead atoms. The van der Waals surface area contributed by atoms with Gasteiger partial charge in [0.1, 0.15) is 0 Å². The average molecular weight is 192 g/mol. The molecule has 0 aliphatic heterocycles. The molecule has 0 aliphatic rings. The third-order valence-electron chi connectivity index (χ3n) is 1.85. The normalized spacial score (nSPS) is 11.0. The third-order valence-corrected chi connectivity index (χ3v) is 1.85. The average Bonchev–Trinajstić information content (AvgIpc) is 2.12. The molecule has 3 nitrogen and oxygen atoms in total. The molecule has 0 spiro atoms. The lowest BCUT2D eigenvalue weighted by Crippen LogP contribution is -2.14. The van der Waals surface area contributed by atoms with Gasteiger partial charge in [-0.3, -0.25) is 4.79 Å². The van der Waals surface area contributed by atoms with E-state index in [0.717, 1.165) is 6.21 Å². The maximum absolute atomic E-state index is 11.4. The summed E-state index contributed by atoms with van der Waals surface area (Å²) in [6.45, 7) is 7.55. The Morgan fingerprint density at radius 1 is 1.50 bits per heavy atom. The Morgan fingerprint density at radius 3 is 2.57 bits per heavy atom. The summed E-state index contributed by atoms with van der Waals surface area (Å²) in [6.07, 6.45) is 5.92. The number of carbonyl (C=O) groups is 1. The standard InChI is InChI=1S/C11H16N2O/c1-4-5-10(7-6-9(2)3)11(14)8-13-12/h4,6,8,10H,1,5,7H2,2-3H3. The number of rotatable bonds is 6. The van der Waals surface area contributed by atoms with Gasteiger partial charge in [0.05, 0.1) is 0 Å². The maximum Gasteiger partial charge on any atom is 0.323 e. The highest BCUT2D eigenvalue weighted by Crippen LogP contribution is 2.11. The zero-order valence-corrected chi connectivity index (χ0v) is 8.73. The van der Waals surface area contributed by atoms with Gasteiger partial charge in [-0.05, 0) is 26.7 Å². The summed E-state index contributed by atoms with van der Waals surface area (Å²) >= 11 is 0. The molecule has 0 heterocycles. The van der Waals surface area contributed by atoms with Crippen LogP contribution in [-0.2, 0) is 4.79 Å². The first-order valence-electron chi connectivity index (χ1n) is 4.57. The Labute approximate surface area is 84.8 Å². The molecule has 0 fully saturated rings. The van der Waals surface area contributed by atoms with Crippen molar-refractivity contribution in [3.8, 4) is 0 Å². The summed E-state index contributed by atoms with van der Waals surface area (Å²) in [5.74, 6) is -0.316. The third kappa shape index (κ3) is 5.22. The Balaban J connectivity index is 4.42. The first-order chi connectivity index (χ1) is 6.61. The Morgan fingerprint density at radius 2 is 2.14 bits per heavy atom. The van der Waals surface area contributed by atoms with Gasteiger partial charge in [0, 0.05) is 5.92 Å². The fourth-order valence-electron chi connectivity index (χ4n) is 1.07. The van der Waals surface area contributed by atoms with Crippen molar-refractivity contribution in [3.05, 3.63) is 29.8 Å². The lowest BCUT2D eigenvalue weighted by Gasteiger charge is -2.05. The van der Waals surface area contributed by atoms with Crippen LogP contribution in [0, 0.1) is 5.92 Å². The van der Waals surface area contributed by atoms with E-state index in [-0.39, 0.29) is 11.7 Å². The second-order valence-electron chi connectivity index (χ2n) is 3.39. The Kier molecular flexibility index (Phi) is 6.25. The first-order valence-corrected chi connectivity index (χ1v) is 4.57. The number of Topliss-reactive ketones (excluding diaryl/α,β-unsaturated/α-hetero) is 1. The molecule has 0 aliphatic carbocycles. The Bertz CT molecular complexity index is 282. The predicted octanol–water partition coefficient (Wildman–Crippen LogP) is 2.40. The van der Waals surface area contributed by atoms with Crippen LogP contribution in [0.4, 0.5) is 0 Å². The second kappa shape index (κ2) is 6.98. The molecule has 0 rings (SSSR count). The molecular weight excluding hydrogens is 176 g/mol. The minimum absolute atomic E-state index is 0.154. The maximum atomic E-state index is 11.4. The van der Waals surface area contributed by atoms with Crippen molar-refractivity contribution >= 4 is 12.0 Å². The highest BCUT2D eigenvalue weighted by atomic mass is 16.1. The summed E-state index contributed by atoms with van der Waals surface area (Å²) < 4.78 is 0. The van der Waals surface area contributed by atoms with Gasteiger partial charge in [-0.15, -0.1) is 6.58 Å². The fourth-order valence-corrected chi connectivity index (χ4v) is 1.07. The molecular formula is C11H16N2O. The van der Waals surface area contributed by atoms with Crippen molar-refractivity contribution in [1.29, 1.82) is 0 Å². The molecule has 1 unspecified atom stereocenters. The van der Waals surface area contributed by atoms with Crippen molar-refractivity contribution in [3.63, 3.8) is 0 Å². The van der Waals surface area contributed by atoms with E-state index in [2.05, 4.69) is 11.4 Å². The molecule has 0 N–H and O–H groups in total. The van der Waals surface area contributed by atoms with Crippen LogP contribution in [0.15, 0.2) is 24.3 Å². The van der Waals surface area contributed by atoms with E-state index in [1.807, 2.05) is 19.9 Å². The van der Waals surface area contributed by atoms with Gasteiger partial charge in [0.15, 0.2) is 0 Å². The Hall–Kier alpha value is -1.47. The van der Waals surface area contributed by atoms with Crippen molar-refractivity contribution in [1.82, 2.24) is 0 Å². The van der Waals surface area contributed by atoms with E-state index in [0.29, 0.717) is 12.8 Å². The van der Waals surface area contributed by atoms with E-state index in [9.17, 15) is 4.79 Å². The largest absolute Gasteiger partial charge is 0.361 e. The van der Waals surface area contributed by atoms with Gasteiger partial charge in [0.2, 0.25) is 5.78 Å². The van der Waals surface area contributed by atoms with Crippen LogP contribution >= 0.6 is 0 Å². The van der Waals surface area contributed by atoms with Gasteiger partial charge in [0.25, 0.3) is 0 Å². The van der Waals surface area contributed by atoms with Crippen LogP contribution < -0.4 is 0 Å². The van der Waals surface area contributed by atoms with Crippen molar-refractivity contribution in [2.24, 2.45) is 5.92 Å². The molecule has 76 valence electrons. The van der Waals surface area contributed by atoms with Crippen LogP contribution in [0.5, 0.6) is 0 Å². The number of carbonyl (C=O) groups excluding carboxylic acids is 1. The molecule has 0 saturated carbocycles. The molecule has 3 heteroatoms. The minimum Gasteiger partial charge on any atom is -0.361 e. The molecule has 0 aromatic heterocycles. The highest BCUT2D eigenvalue weighted by molar-refractivity contribution is 6.26. The smallest absolute Gasteiger partial charge is 0.323 e. The monoisotopic (exact) mass is 192 g/mol. The number of nitrogens with zero attached hydrogens (tertiary/aromatic N) is 2. The summed E-state index contributed by atoms with van der Waals surface area (Å²) in [5, 5.41) is 0. The first kappa shape index (κ1) is 12.5. The zero-order chi connectivity index (χ0) is 11.0. The lowest BCUT2D eigenvalue weighted by molar-refractivity contribution is -0.119. The molecule has 0 aromatic rings. The van der Waals surface area contributed by atoms with Crippen molar-refractivity contribution < 1.29 is 9.58 Å². The molecule has 0 amide bonds. The fraction of sp³-hybridized carbons (Fsp3) is 0.455. The zero-order valence-electron chi connectivity index (χ0n) is 8.73. The number of hydrogen-bond acceptors (Lipinski definition) is 1. The van der Waals surface area contributed by atoms with E-state index in [4.69, 9.17) is 5.53 Å². The van der Waals surface area contributed by atoms with Crippen molar-refractivity contribution in [2.45, 2.75) is 26.7 Å². The molecule has 14 heavy (non-hydrogen) atoms. The van der Waals surface area contributed by atoms with E-state index < -0.39 is 0 Å². The molecule has 1 atom stereocenters. The summed E-state index contributed by atoms with van der Waals surface area (Å²) in [6, 6.07) is 0. The second-order valence-corrected chi connectivity index (χ2v) is 3.39. The quantitative estimate of drug-likeness (QED) is 0.276. The van der Waals surface area contributed by atoms with Crippen LogP contribution in [-0.4, -0.2) is 16.8 Å². The van der Waals surface area contributed by atoms with E-state index in [1.54, 1.807) is 6.08 Å². The van der Waals surface area contributed by atoms with Gasteiger partial charge < -0.3 is 5.53 Å². The molecule has 0 saturated heterocycles. The van der Waals surface area contributed by atoms with Crippen molar-refractivity contribution in [2.75, 3.05) is 0 Å². The van der Waals surface area contributed by atoms with E-state index in [1.165, 1.54) is 5.57 Å².